The first-order chi connectivity index (χ1) is 14.7. The van der Waals surface area contributed by atoms with Crippen molar-refractivity contribution in [3.05, 3.63) is 65.2 Å². The molecule has 2 N–H and O–H groups in total. The topological polar surface area (TPSA) is 95.6 Å². The number of carbonyl (C=O) groups is 2. The van der Waals surface area contributed by atoms with Gasteiger partial charge in [0.25, 0.3) is 0 Å². The van der Waals surface area contributed by atoms with Gasteiger partial charge in [0, 0.05) is 31.6 Å². The van der Waals surface area contributed by atoms with Crippen LogP contribution in [-0.4, -0.2) is 44.6 Å². The predicted octanol–water partition coefficient (Wildman–Crippen LogP) is 2.72. The number of benzene rings is 2. The number of Topliss-reactive ketones (excluding diaryl/α,β-unsaturated/α-hetero) is 1. The Kier molecular flexibility index (Phi) is 9.36. The summed E-state index contributed by atoms with van der Waals surface area (Å²) in [5, 5.41) is 2.81. The Labute approximate surface area is 184 Å². The van der Waals surface area contributed by atoms with E-state index in [1.54, 1.807) is 0 Å². The van der Waals surface area contributed by atoms with E-state index in [9.17, 15) is 18.0 Å². The predicted molar refractivity (Wildman–Crippen MR) is 121 cm³/mol. The van der Waals surface area contributed by atoms with E-state index in [0.29, 0.717) is 12.1 Å². The van der Waals surface area contributed by atoms with Crippen LogP contribution in [0.1, 0.15) is 48.7 Å². The van der Waals surface area contributed by atoms with E-state index in [1.165, 1.54) is 36.8 Å². The van der Waals surface area contributed by atoms with E-state index in [2.05, 4.69) is 40.9 Å². The monoisotopic (exact) mass is 445 g/mol. The third-order valence-electron chi connectivity index (χ3n) is 5.03. The third kappa shape index (κ3) is 7.90. The van der Waals surface area contributed by atoms with E-state index >= 15 is 0 Å². The number of ketones is 1. The van der Waals surface area contributed by atoms with Crippen molar-refractivity contribution in [2.24, 2.45) is 0 Å². The van der Waals surface area contributed by atoms with Gasteiger partial charge in [-0.3, -0.25) is 14.5 Å². The molecule has 0 aliphatic carbocycles. The van der Waals surface area contributed by atoms with Crippen LogP contribution in [0.4, 0.5) is 0 Å². The first kappa shape index (κ1) is 24.7. The van der Waals surface area contributed by atoms with E-state index in [-0.39, 0.29) is 29.6 Å². The van der Waals surface area contributed by atoms with Crippen molar-refractivity contribution in [3.8, 4) is 0 Å². The standard InChI is InChI=1S/C23H31N3O4S/c1-4-26(5-2)17-20-8-6-19(7-9-20)16-24-23(28)14-15-25-31(29,30)22-12-10-21(11-13-22)18(3)27/h6-13,25H,4-5,14-17H2,1-3H3,(H,24,28). The lowest BCUT2D eigenvalue weighted by Crippen LogP contribution is -2.30. The molecular formula is C23H31N3O4S. The van der Waals surface area contributed by atoms with Gasteiger partial charge in [-0.1, -0.05) is 50.2 Å². The van der Waals surface area contributed by atoms with Crippen LogP contribution in [0.15, 0.2) is 53.4 Å². The zero-order valence-electron chi connectivity index (χ0n) is 18.3. The van der Waals surface area contributed by atoms with E-state index < -0.39 is 10.0 Å². The Bertz CT molecular complexity index is 967. The van der Waals surface area contributed by atoms with Crippen molar-refractivity contribution in [1.82, 2.24) is 14.9 Å². The molecule has 0 saturated carbocycles. The van der Waals surface area contributed by atoms with Crippen LogP contribution in [0.2, 0.25) is 0 Å². The molecule has 0 aromatic heterocycles. The summed E-state index contributed by atoms with van der Waals surface area (Å²) < 4.78 is 27.0. The second-order valence-corrected chi connectivity index (χ2v) is 9.05. The zero-order valence-corrected chi connectivity index (χ0v) is 19.2. The quantitative estimate of drug-likeness (QED) is 0.490. The molecule has 0 radical (unpaired) electrons. The molecule has 0 aliphatic rings. The number of hydrogen-bond acceptors (Lipinski definition) is 5. The van der Waals surface area contributed by atoms with Gasteiger partial charge in [0.2, 0.25) is 15.9 Å². The Morgan fingerprint density at radius 3 is 2.03 bits per heavy atom. The number of rotatable bonds is 12. The lowest BCUT2D eigenvalue weighted by Gasteiger charge is -2.18. The molecule has 0 saturated heterocycles. The summed E-state index contributed by atoms with van der Waals surface area (Å²) in [6.45, 7) is 8.98. The molecule has 7 nitrogen and oxygen atoms in total. The highest BCUT2D eigenvalue weighted by Crippen LogP contribution is 2.11. The number of sulfonamides is 1. The Morgan fingerprint density at radius 1 is 0.903 bits per heavy atom. The molecule has 8 heteroatoms. The summed E-state index contributed by atoms with van der Waals surface area (Å²) in [6.07, 6.45) is 0.0325. The fourth-order valence-corrected chi connectivity index (χ4v) is 4.04. The van der Waals surface area contributed by atoms with Gasteiger partial charge in [-0.15, -0.1) is 0 Å². The van der Waals surface area contributed by atoms with Crippen LogP contribution < -0.4 is 10.0 Å². The molecule has 2 aromatic carbocycles. The van der Waals surface area contributed by atoms with Crippen LogP contribution >= 0.6 is 0 Å². The molecule has 0 bridgehead atoms. The van der Waals surface area contributed by atoms with Crippen LogP contribution in [-0.2, 0) is 27.9 Å². The van der Waals surface area contributed by atoms with Crippen LogP contribution in [0.25, 0.3) is 0 Å². The van der Waals surface area contributed by atoms with Gasteiger partial charge < -0.3 is 5.32 Å². The fraction of sp³-hybridized carbons (Fsp3) is 0.391. The molecular weight excluding hydrogens is 414 g/mol. The van der Waals surface area contributed by atoms with Gasteiger partial charge in [-0.25, -0.2) is 13.1 Å². The van der Waals surface area contributed by atoms with Gasteiger partial charge in [0.15, 0.2) is 5.78 Å². The van der Waals surface area contributed by atoms with Crippen molar-refractivity contribution in [2.45, 2.75) is 45.2 Å². The average molecular weight is 446 g/mol. The lowest BCUT2D eigenvalue weighted by atomic mass is 10.1. The molecule has 0 unspecified atom stereocenters. The van der Waals surface area contributed by atoms with Crippen molar-refractivity contribution >= 4 is 21.7 Å². The van der Waals surface area contributed by atoms with Crippen molar-refractivity contribution in [1.29, 1.82) is 0 Å². The van der Waals surface area contributed by atoms with Crippen molar-refractivity contribution < 1.29 is 18.0 Å². The number of amides is 1. The SMILES string of the molecule is CCN(CC)Cc1ccc(CNC(=O)CCNS(=O)(=O)c2ccc(C(C)=O)cc2)cc1. The summed E-state index contributed by atoms with van der Waals surface area (Å²) >= 11 is 0. The van der Waals surface area contributed by atoms with E-state index in [1.807, 2.05) is 12.1 Å². The Balaban J connectivity index is 1.77. The Morgan fingerprint density at radius 2 is 1.48 bits per heavy atom. The van der Waals surface area contributed by atoms with Gasteiger partial charge in [0.05, 0.1) is 4.90 Å². The van der Waals surface area contributed by atoms with Crippen LogP contribution in [0.5, 0.6) is 0 Å². The second kappa shape index (κ2) is 11.7. The molecule has 2 aromatic rings. The summed E-state index contributed by atoms with van der Waals surface area (Å²) in [4.78, 5) is 25.7. The zero-order chi connectivity index (χ0) is 22.9. The summed E-state index contributed by atoms with van der Waals surface area (Å²) in [7, 11) is -3.73. The number of carbonyl (C=O) groups excluding carboxylic acids is 2. The molecule has 0 aliphatic heterocycles. The number of hydrogen-bond donors (Lipinski definition) is 2. The highest BCUT2D eigenvalue weighted by molar-refractivity contribution is 7.89. The highest BCUT2D eigenvalue weighted by atomic mass is 32.2. The maximum absolute atomic E-state index is 12.3. The summed E-state index contributed by atoms with van der Waals surface area (Å²) in [5.74, 6) is -0.367. The highest BCUT2D eigenvalue weighted by Gasteiger charge is 2.14. The van der Waals surface area contributed by atoms with Crippen LogP contribution in [0, 0.1) is 0 Å². The molecule has 31 heavy (non-hydrogen) atoms. The lowest BCUT2D eigenvalue weighted by molar-refractivity contribution is -0.121. The molecule has 1 amide bonds. The normalized spacial score (nSPS) is 11.5. The maximum Gasteiger partial charge on any atom is 0.240 e. The number of nitrogens with zero attached hydrogens (tertiary/aromatic N) is 1. The fourth-order valence-electron chi connectivity index (χ4n) is 3.01. The maximum atomic E-state index is 12.3. The third-order valence-corrected chi connectivity index (χ3v) is 6.51. The molecule has 0 atom stereocenters. The first-order valence-electron chi connectivity index (χ1n) is 10.4. The van der Waals surface area contributed by atoms with E-state index in [0.717, 1.165) is 25.2 Å². The van der Waals surface area contributed by atoms with Gasteiger partial charge in [-0.05, 0) is 43.3 Å². The van der Waals surface area contributed by atoms with Gasteiger partial charge >= 0.3 is 0 Å². The second-order valence-electron chi connectivity index (χ2n) is 7.28. The minimum atomic E-state index is -3.73. The van der Waals surface area contributed by atoms with Crippen LogP contribution in [0.3, 0.4) is 0 Å². The smallest absolute Gasteiger partial charge is 0.240 e. The molecule has 0 fully saturated rings. The molecule has 2 rings (SSSR count). The molecule has 0 heterocycles. The first-order valence-corrected chi connectivity index (χ1v) is 11.9. The summed E-state index contributed by atoms with van der Waals surface area (Å²) in [6, 6.07) is 13.8. The van der Waals surface area contributed by atoms with Gasteiger partial charge in [-0.2, -0.15) is 0 Å². The minimum absolute atomic E-state index is 0.00850. The van der Waals surface area contributed by atoms with Crippen molar-refractivity contribution in [2.75, 3.05) is 19.6 Å². The summed E-state index contributed by atoms with van der Waals surface area (Å²) in [5.41, 5.74) is 2.66. The average Bonchev–Trinajstić information content (AvgIpc) is 2.76. The number of nitrogens with one attached hydrogen (secondary N) is 2. The van der Waals surface area contributed by atoms with E-state index in [4.69, 9.17) is 0 Å². The van der Waals surface area contributed by atoms with Gasteiger partial charge in [0.1, 0.15) is 0 Å². The van der Waals surface area contributed by atoms with Crippen molar-refractivity contribution in [3.63, 3.8) is 0 Å². The molecule has 0 spiro atoms. The largest absolute Gasteiger partial charge is 0.352 e. The minimum Gasteiger partial charge on any atom is -0.352 e. The Hall–Kier alpha value is -2.55. The molecule has 168 valence electrons.